The number of ether oxygens (including phenoxy) is 2. The third-order valence-corrected chi connectivity index (χ3v) is 9.30. The molecule has 0 heterocycles. The maximum Gasteiger partial charge on any atom is 0.308 e. The highest BCUT2D eigenvalue weighted by atomic mass is 32.2. The van der Waals surface area contributed by atoms with Crippen LogP contribution < -0.4 is 4.72 Å². The summed E-state index contributed by atoms with van der Waals surface area (Å²) in [6, 6.07) is 5.42. The Labute approximate surface area is 245 Å². The van der Waals surface area contributed by atoms with Crippen LogP contribution >= 0.6 is 0 Å². The van der Waals surface area contributed by atoms with E-state index in [9.17, 15) is 22.8 Å². The van der Waals surface area contributed by atoms with Crippen LogP contribution in [0.5, 0.6) is 0 Å². The predicted molar refractivity (Wildman–Crippen MR) is 157 cm³/mol. The van der Waals surface area contributed by atoms with Crippen LogP contribution in [0.25, 0.3) is 0 Å². The van der Waals surface area contributed by atoms with Crippen LogP contribution in [-0.2, 0) is 33.9 Å². The molecule has 0 aliphatic heterocycles. The average Bonchev–Trinajstić information content (AvgIpc) is 3.45. The topological polar surface area (TPSA) is 119 Å². The number of hydrogen-bond acceptors (Lipinski definition) is 7. The first-order chi connectivity index (χ1) is 19.4. The van der Waals surface area contributed by atoms with Gasteiger partial charge in [-0.05, 0) is 82.9 Å². The second-order valence-corrected chi connectivity index (χ2v) is 14.1. The molecule has 9 nitrogen and oxygen atoms in total. The van der Waals surface area contributed by atoms with Crippen molar-refractivity contribution in [2.75, 3.05) is 19.7 Å². The lowest BCUT2D eigenvalue weighted by Crippen LogP contribution is -2.51. The van der Waals surface area contributed by atoms with Crippen molar-refractivity contribution in [2.45, 2.75) is 121 Å². The zero-order valence-electron chi connectivity index (χ0n) is 25.2. The molecule has 0 unspecified atom stereocenters. The minimum Gasteiger partial charge on any atom is -0.466 e. The predicted octanol–water partition coefficient (Wildman–Crippen LogP) is 5.09. The molecule has 10 heteroatoms. The lowest BCUT2D eigenvalue weighted by molar-refractivity contribution is -0.157. The van der Waals surface area contributed by atoms with E-state index in [1.54, 1.807) is 39.8 Å². The van der Waals surface area contributed by atoms with Gasteiger partial charge in [0.05, 0.1) is 24.3 Å². The van der Waals surface area contributed by atoms with E-state index in [2.05, 4.69) is 4.72 Å². The normalized spacial score (nSPS) is 17.7. The third kappa shape index (κ3) is 10.7. The quantitative estimate of drug-likeness (QED) is 0.317. The zero-order valence-corrected chi connectivity index (χ0v) is 26.0. The monoisotopic (exact) mass is 592 g/mol. The summed E-state index contributed by atoms with van der Waals surface area (Å²) in [7, 11) is -4.14. The molecule has 1 aromatic carbocycles. The number of sulfonamides is 1. The van der Waals surface area contributed by atoms with Crippen LogP contribution in [0.4, 0.5) is 0 Å². The van der Waals surface area contributed by atoms with Crippen LogP contribution in [0.15, 0.2) is 29.2 Å². The zero-order chi connectivity index (χ0) is 30.0. The van der Waals surface area contributed by atoms with Gasteiger partial charge in [0.1, 0.15) is 11.6 Å². The van der Waals surface area contributed by atoms with Crippen LogP contribution in [0.1, 0.15) is 110 Å². The number of carbonyl (C=O) groups excluding carboxylic acids is 3. The number of esters is 2. The van der Waals surface area contributed by atoms with Gasteiger partial charge in [-0.3, -0.25) is 14.4 Å². The molecule has 2 aliphatic carbocycles. The van der Waals surface area contributed by atoms with Crippen molar-refractivity contribution in [1.29, 1.82) is 0 Å². The highest BCUT2D eigenvalue weighted by Crippen LogP contribution is 2.34. The Hall–Kier alpha value is -2.46. The number of hydrogen-bond donors (Lipinski definition) is 1. The van der Waals surface area contributed by atoms with Gasteiger partial charge in [0, 0.05) is 13.1 Å². The highest BCUT2D eigenvalue weighted by Gasteiger charge is 2.34. The molecule has 1 N–H and O–H groups in total. The Morgan fingerprint density at radius 2 is 1.56 bits per heavy atom. The van der Waals surface area contributed by atoms with Gasteiger partial charge in [-0.25, -0.2) is 8.42 Å². The van der Waals surface area contributed by atoms with Crippen molar-refractivity contribution in [2.24, 2.45) is 5.92 Å². The summed E-state index contributed by atoms with van der Waals surface area (Å²) >= 11 is 0. The average molecular weight is 593 g/mol. The summed E-state index contributed by atoms with van der Waals surface area (Å²) in [6.45, 7) is 7.56. The molecular weight excluding hydrogens is 544 g/mol. The molecule has 1 aromatic rings. The molecule has 1 atom stereocenters. The van der Waals surface area contributed by atoms with Gasteiger partial charge in [0.25, 0.3) is 0 Å². The van der Waals surface area contributed by atoms with Gasteiger partial charge < -0.3 is 14.4 Å². The molecule has 0 aromatic heterocycles. The standard InChI is InChI=1S/C31H48N2O7S/c1-5-39-28(34)19-20-33(22-23-11-7-6-8-12-23)30(36)27(21-29(35)40-31(2,3)4)32-41(37,38)26-17-15-25(16-18-26)24-13-9-10-14-24/h15-18,23-24,27,32H,5-14,19-22H2,1-4H3/t27-/m0/s1. The van der Waals surface area contributed by atoms with E-state index >= 15 is 0 Å². The Bertz CT molecular complexity index is 1120. The Balaban J connectivity index is 1.84. The first kappa shape index (κ1) is 33.0. The highest BCUT2D eigenvalue weighted by molar-refractivity contribution is 7.89. The summed E-state index contributed by atoms with van der Waals surface area (Å²) < 4.78 is 40.0. The molecule has 230 valence electrons. The summed E-state index contributed by atoms with van der Waals surface area (Å²) in [5.41, 5.74) is 0.311. The van der Waals surface area contributed by atoms with Crippen LogP contribution in [0.2, 0.25) is 0 Å². The van der Waals surface area contributed by atoms with Gasteiger partial charge in [0.15, 0.2) is 0 Å². The lowest BCUT2D eigenvalue weighted by atomic mass is 9.88. The maximum atomic E-state index is 14.0. The molecule has 0 saturated heterocycles. The number of benzene rings is 1. The summed E-state index contributed by atoms with van der Waals surface area (Å²) in [6.07, 6.45) is 9.26. The van der Waals surface area contributed by atoms with Crippen molar-refractivity contribution < 1.29 is 32.3 Å². The van der Waals surface area contributed by atoms with Crippen molar-refractivity contribution in [3.63, 3.8) is 0 Å². The van der Waals surface area contributed by atoms with E-state index in [1.807, 2.05) is 12.1 Å². The molecule has 2 aliphatic rings. The van der Waals surface area contributed by atoms with E-state index in [4.69, 9.17) is 9.47 Å². The van der Waals surface area contributed by atoms with E-state index in [0.29, 0.717) is 12.5 Å². The maximum absolute atomic E-state index is 14.0. The SMILES string of the molecule is CCOC(=O)CCN(CC1CCCCC1)C(=O)[C@H](CC(=O)OC(C)(C)C)NS(=O)(=O)c1ccc(C2CCCC2)cc1. The minimum absolute atomic E-state index is 0.0131. The van der Waals surface area contributed by atoms with E-state index in [-0.39, 0.29) is 30.4 Å². The fourth-order valence-corrected chi connectivity index (χ4v) is 7.00. The number of carbonyl (C=O) groups is 3. The van der Waals surface area contributed by atoms with Gasteiger partial charge in [-0.2, -0.15) is 4.72 Å². The molecule has 1 amide bonds. The fourth-order valence-electron chi connectivity index (χ4n) is 5.82. The molecule has 2 saturated carbocycles. The largest absolute Gasteiger partial charge is 0.466 e. The smallest absolute Gasteiger partial charge is 0.308 e. The third-order valence-electron chi connectivity index (χ3n) is 7.81. The Morgan fingerprint density at radius 1 is 0.951 bits per heavy atom. The molecule has 2 fully saturated rings. The Kier molecular flexibility index (Phi) is 12.2. The first-order valence-corrected chi connectivity index (χ1v) is 16.6. The van der Waals surface area contributed by atoms with Gasteiger partial charge >= 0.3 is 11.9 Å². The van der Waals surface area contributed by atoms with Crippen molar-refractivity contribution >= 4 is 27.9 Å². The fraction of sp³-hybridized carbons (Fsp3) is 0.710. The first-order valence-electron chi connectivity index (χ1n) is 15.2. The molecule has 41 heavy (non-hydrogen) atoms. The molecular formula is C31H48N2O7S. The Morgan fingerprint density at radius 3 is 2.15 bits per heavy atom. The van der Waals surface area contributed by atoms with Gasteiger partial charge in [-0.15, -0.1) is 0 Å². The number of nitrogens with one attached hydrogen (secondary N) is 1. The lowest BCUT2D eigenvalue weighted by Gasteiger charge is -2.32. The van der Waals surface area contributed by atoms with Gasteiger partial charge in [-0.1, -0.05) is 44.2 Å². The number of nitrogens with zero attached hydrogens (tertiary/aromatic N) is 1. The van der Waals surface area contributed by atoms with Gasteiger partial charge in [0.2, 0.25) is 15.9 Å². The summed E-state index contributed by atoms with van der Waals surface area (Å²) in [5, 5.41) is 0. The molecule has 0 spiro atoms. The van der Waals surface area contributed by atoms with Crippen molar-refractivity contribution in [3.8, 4) is 0 Å². The van der Waals surface area contributed by atoms with Crippen LogP contribution in [0, 0.1) is 5.92 Å². The minimum atomic E-state index is -4.14. The number of amides is 1. The second-order valence-electron chi connectivity index (χ2n) is 12.4. The van der Waals surface area contributed by atoms with Crippen molar-refractivity contribution in [1.82, 2.24) is 9.62 Å². The second kappa shape index (κ2) is 15.1. The summed E-state index contributed by atoms with van der Waals surface area (Å²) in [4.78, 5) is 40.5. The van der Waals surface area contributed by atoms with E-state index < -0.39 is 45.9 Å². The summed E-state index contributed by atoms with van der Waals surface area (Å²) in [5.74, 6) is -0.971. The molecule has 3 rings (SSSR count). The molecule has 0 bridgehead atoms. The van der Waals surface area contributed by atoms with E-state index in [0.717, 1.165) is 50.5 Å². The van der Waals surface area contributed by atoms with Crippen LogP contribution in [0.3, 0.4) is 0 Å². The number of rotatable bonds is 13. The van der Waals surface area contributed by atoms with Crippen LogP contribution in [-0.4, -0.2) is 62.5 Å². The van der Waals surface area contributed by atoms with E-state index in [1.165, 1.54) is 17.7 Å². The molecule has 0 radical (unpaired) electrons. The van der Waals surface area contributed by atoms with Crippen molar-refractivity contribution in [3.05, 3.63) is 29.8 Å².